The van der Waals surface area contributed by atoms with Crippen LogP contribution in [0.1, 0.15) is 15.9 Å². The molecule has 0 bridgehead atoms. The van der Waals surface area contributed by atoms with Crippen molar-refractivity contribution in [3.63, 3.8) is 0 Å². The minimum absolute atomic E-state index is 0.0584. The molecule has 0 aliphatic carbocycles. The first-order valence-corrected chi connectivity index (χ1v) is 7.81. The second-order valence-electron chi connectivity index (χ2n) is 4.69. The molecule has 2 rings (SSSR count). The largest absolute Gasteiger partial charge is 0.524 e. The van der Waals surface area contributed by atoms with Crippen molar-refractivity contribution in [2.75, 3.05) is 0 Å². The Morgan fingerprint density at radius 3 is 2.35 bits per heavy atom. The zero-order valence-corrected chi connectivity index (χ0v) is 12.5. The number of benzene rings is 2. The summed E-state index contributed by atoms with van der Waals surface area (Å²) in [4.78, 5) is 30.0. The van der Waals surface area contributed by atoms with E-state index < -0.39 is 36.4 Å². The van der Waals surface area contributed by atoms with Gasteiger partial charge in [0.05, 0.1) is 0 Å². The molecule has 0 radical (unpaired) electrons. The molecule has 2 aromatic carbocycles. The SMILES string of the molecule is O=C(Cc1cccc(O)c1)c1c(O)cc(O)cc1OP(=O)(O)O. The summed E-state index contributed by atoms with van der Waals surface area (Å²) < 4.78 is 15.3. The average Bonchev–Trinajstić information content (AvgIpc) is 2.35. The van der Waals surface area contributed by atoms with Crippen LogP contribution in [0.2, 0.25) is 0 Å². The number of carbonyl (C=O) groups excluding carboxylic acids is 1. The minimum Gasteiger partial charge on any atom is -0.508 e. The van der Waals surface area contributed by atoms with E-state index in [0.29, 0.717) is 5.56 Å². The zero-order valence-electron chi connectivity index (χ0n) is 11.6. The third kappa shape index (κ3) is 4.46. The molecule has 0 spiro atoms. The Balaban J connectivity index is 2.41. The van der Waals surface area contributed by atoms with Crippen LogP contribution in [0.5, 0.6) is 23.0 Å². The molecule has 0 fully saturated rings. The topological polar surface area (TPSA) is 145 Å². The number of carbonyl (C=O) groups is 1. The van der Waals surface area contributed by atoms with E-state index in [2.05, 4.69) is 4.52 Å². The molecule has 0 unspecified atom stereocenters. The lowest BCUT2D eigenvalue weighted by molar-refractivity contribution is 0.0988. The summed E-state index contributed by atoms with van der Waals surface area (Å²) >= 11 is 0. The van der Waals surface area contributed by atoms with E-state index in [-0.39, 0.29) is 12.2 Å². The van der Waals surface area contributed by atoms with Crippen LogP contribution in [0.25, 0.3) is 0 Å². The molecule has 9 heteroatoms. The van der Waals surface area contributed by atoms with Crippen LogP contribution in [0.4, 0.5) is 0 Å². The van der Waals surface area contributed by atoms with Crippen molar-refractivity contribution in [1.82, 2.24) is 0 Å². The molecule has 0 amide bonds. The molecule has 0 heterocycles. The van der Waals surface area contributed by atoms with Gasteiger partial charge in [-0.3, -0.25) is 14.6 Å². The van der Waals surface area contributed by atoms with Gasteiger partial charge >= 0.3 is 7.82 Å². The second-order valence-corrected chi connectivity index (χ2v) is 5.85. The summed E-state index contributed by atoms with van der Waals surface area (Å²) in [6, 6.07) is 7.48. The summed E-state index contributed by atoms with van der Waals surface area (Å²) in [5.74, 6) is -2.62. The van der Waals surface area contributed by atoms with Gasteiger partial charge in [0.1, 0.15) is 28.6 Å². The van der Waals surface area contributed by atoms with Crippen molar-refractivity contribution in [2.24, 2.45) is 0 Å². The lowest BCUT2D eigenvalue weighted by Crippen LogP contribution is -2.07. The van der Waals surface area contributed by atoms with E-state index in [1.165, 1.54) is 18.2 Å². The molecule has 0 aromatic heterocycles. The molecule has 0 saturated heterocycles. The Kier molecular flexibility index (Phi) is 4.60. The van der Waals surface area contributed by atoms with E-state index in [1.807, 2.05) is 0 Å². The highest BCUT2D eigenvalue weighted by Gasteiger charge is 2.25. The Morgan fingerprint density at radius 1 is 1.04 bits per heavy atom. The van der Waals surface area contributed by atoms with Gasteiger partial charge in [0.25, 0.3) is 0 Å². The van der Waals surface area contributed by atoms with Gasteiger partial charge in [-0.15, -0.1) is 0 Å². The Labute approximate surface area is 130 Å². The van der Waals surface area contributed by atoms with Crippen LogP contribution < -0.4 is 4.52 Å². The molecule has 0 aliphatic heterocycles. The molecule has 8 nitrogen and oxygen atoms in total. The predicted molar refractivity (Wildman–Crippen MR) is 78.6 cm³/mol. The number of phosphoric ester groups is 1. The summed E-state index contributed by atoms with van der Waals surface area (Å²) in [5.41, 5.74) is -0.0564. The lowest BCUT2D eigenvalue weighted by Gasteiger charge is -2.13. The molecule has 122 valence electrons. The zero-order chi connectivity index (χ0) is 17.2. The van der Waals surface area contributed by atoms with E-state index in [1.54, 1.807) is 6.07 Å². The lowest BCUT2D eigenvalue weighted by atomic mass is 10.0. The third-order valence-corrected chi connectivity index (χ3v) is 3.27. The highest BCUT2D eigenvalue weighted by atomic mass is 31.2. The van der Waals surface area contributed by atoms with Crippen molar-refractivity contribution >= 4 is 13.6 Å². The molecule has 0 saturated carbocycles. The fourth-order valence-corrected chi connectivity index (χ4v) is 2.41. The van der Waals surface area contributed by atoms with E-state index in [0.717, 1.165) is 12.1 Å². The second kappa shape index (κ2) is 6.29. The number of aromatic hydroxyl groups is 3. The van der Waals surface area contributed by atoms with Crippen LogP contribution in [0.15, 0.2) is 36.4 Å². The van der Waals surface area contributed by atoms with Crippen LogP contribution >= 0.6 is 7.82 Å². The van der Waals surface area contributed by atoms with E-state index in [9.17, 15) is 24.7 Å². The van der Waals surface area contributed by atoms with Gasteiger partial charge in [-0.2, -0.15) is 0 Å². The monoisotopic (exact) mass is 340 g/mol. The Morgan fingerprint density at radius 2 is 1.74 bits per heavy atom. The van der Waals surface area contributed by atoms with Crippen LogP contribution in [-0.2, 0) is 11.0 Å². The molecule has 0 atom stereocenters. The van der Waals surface area contributed by atoms with Crippen molar-refractivity contribution in [3.05, 3.63) is 47.5 Å². The number of hydrogen-bond acceptors (Lipinski definition) is 6. The summed E-state index contributed by atoms with van der Waals surface area (Å²) in [7, 11) is -5.00. The maximum absolute atomic E-state index is 12.3. The Bertz CT molecular complexity index is 795. The quantitative estimate of drug-likeness (QED) is 0.408. The number of phenolic OH excluding ortho intramolecular Hbond substituents is 3. The van der Waals surface area contributed by atoms with Crippen LogP contribution in [-0.4, -0.2) is 30.9 Å². The summed E-state index contributed by atoms with van der Waals surface area (Å²) in [6.45, 7) is 0. The molecular weight excluding hydrogens is 327 g/mol. The number of rotatable bonds is 5. The van der Waals surface area contributed by atoms with Crippen molar-refractivity contribution in [2.45, 2.75) is 6.42 Å². The van der Waals surface area contributed by atoms with Gasteiger partial charge in [-0.25, -0.2) is 4.57 Å². The minimum atomic E-state index is -5.00. The molecular formula is C14H13O8P. The first-order chi connectivity index (χ1) is 10.7. The first kappa shape index (κ1) is 16.8. The van der Waals surface area contributed by atoms with Crippen LogP contribution in [0.3, 0.4) is 0 Å². The first-order valence-electron chi connectivity index (χ1n) is 6.28. The highest BCUT2D eigenvalue weighted by molar-refractivity contribution is 7.46. The van der Waals surface area contributed by atoms with Crippen molar-refractivity contribution in [1.29, 1.82) is 0 Å². The number of phenols is 3. The van der Waals surface area contributed by atoms with Crippen molar-refractivity contribution in [3.8, 4) is 23.0 Å². The average molecular weight is 340 g/mol. The Hall–Kier alpha value is -2.54. The number of phosphoric acid groups is 1. The molecule has 5 N–H and O–H groups in total. The fraction of sp³-hybridized carbons (Fsp3) is 0.0714. The molecule has 0 aliphatic rings. The summed E-state index contributed by atoms with van der Waals surface area (Å²) in [6.07, 6.45) is -0.260. The summed E-state index contributed by atoms with van der Waals surface area (Å²) in [5, 5.41) is 28.6. The molecule has 23 heavy (non-hydrogen) atoms. The maximum Gasteiger partial charge on any atom is 0.524 e. The number of hydrogen-bond donors (Lipinski definition) is 5. The van der Waals surface area contributed by atoms with Gasteiger partial charge in [0.15, 0.2) is 5.78 Å². The van der Waals surface area contributed by atoms with Gasteiger partial charge < -0.3 is 19.8 Å². The number of Topliss-reactive ketones (excluding diaryl/α,β-unsaturated/α-hetero) is 1. The van der Waals surface area contributed by atoms with Gasteiger partial charge in [0.2, 0.25) is 0 Å². The highest BCUT2D eigenvalue weighted by Crippen LogP contribution is 2.43. The number of ketones is 1. The van der Waals surface area contributed by atoms with Gasteiger partial charge in [-0.05, 0) is 17.7 Å². The fourth-order valence-electron chi connectivity index (χ4n) is 2.01. The molecule has 2 aromatic rings. The van der Waals surface area contributed by atoms with E-state index in [4.69, 9.17) is 9.79 Å². The van der Waals surface area contributed by atoms with Crippen molar-refractivity contribution < 1.29 is 39.0 Å². The smallest absolute Gasteiger partial charge is 0.508 e. The van der Waals surface area contributed by atoms with E-state index >= 15 is 0 Å². The predicted octanol–water partition coefficient (Wildman–Crippen LogP) is 1.70. The van der Waals surface area contributed by atoms with Crippen LogP contribution in [0, 0.1) is 0 Å². The van der Waals surface area contributed by atoms with Gasteiger partial charge in [-0.1, -0.05) is 12.1 Å². The standard InChI is InChI=1S/C14H13O8P/c15-9-3-1-2-8(4-9)5-11(17)14-12(18)6-10(16)7-13(14)22-23(19,20)21/h1-4,6-7,15-16,18H,5H2,(H2,19,20,21). The third-order valence-electron chi connectivity index (χ3n) is 2.84. The normalized spacial score (nSPS) is 11.2. The van der Waals surface area contributed by atoms with Gasteiger partial charge in [0, 0.05) is 18.6 Å². The maximum atomic E-state index is 12.3.